The van der Waals surface area contributed by atoms with Crippen molar-refractivity contribution in [2.75, 3.05) is 31.2 Å². The van der Waals surface area contributed by atoms with E-state index in [1.165, 1.54) is 0 Å². The summed E-state index contributed by atoms with van der Waals surface area (Å²) in [6, 6.07) is 2.95. The van der Waals surface area contributed by atoms with E-state index in [2.05, 4.69) is 36.4 Å². The van der Waals surface area contributed by atoms with E-state index in [0.29, 0.717) is 47.6 Å². The van der Waals surface area contributed by atoms with Crippen molar-refractivity contribution in [1.29, 1.82) is 0 Å². The first kappa shape index (κ1) is 28.3. The van der Waals surface area contributed by atoms with Gasteiger partial charge in [-0.15, -0.1) is 0 Å². The zero-order valence-corrected chi connectivity index (χ0v) is 25.7. The number of rotatable bonds is 7. The Kier molecular flexibility index (Phi) is 7.71. The van der Waals surface area contributed by atoms with E-state index >= 15 is 0 Å². The van der Waals surface area contributed by atoms with Crippen LogP contribution in [0.5, 0.6) is 0 Å². The number of aromatic nitrogens is 4. The van der Waals surface area contributed by atoms with Gasteiger partial charge in [0, 0.05) is 69.8 Å². The number of nitrogens with two attached hydrogens (primary N) is 1. The summed E-state index contributed by atoms with van der Waals surface area (Å²) < 4.78 is 15.6. The normalized spacial score (nSPS) is 21.4. The smallest absolute Gasteiger partial charge is 0.264 e. The van der Waals surface area contributed by atoms with Crippen LogP contribution >= 0.6 is 11.6 Å². The van der Waals surface area contributed by atoms with Crippen LogP contribution in [0.15, 0.2) is 23.3 Å². The van der Waals surface area contributed by atoms with Crippen LogP contribution in [0.25, 0.3) is 22.2 Å². The molecule has 2 atom stereocenters. The van der Waals surface area contributed by atoms with Crippen LogP contribution in [0, 0.1) is 12.3 Å². The van der Waals surface area contributed by atoms with Crippen molar-refractivity contribution in [2.24, 2.45) is 18.2 Å². The molecule has 2 aliphatic rings. The number of nitrogens with zero attached hydrogens (tertiary/aromatic N) is 5. The van der Waals surface area contributed by atoms with Crippen molar-refractivity contribution in [3.8, 4) is 11.1 Å². The van der Waals surface area contributed by atoms with Gasteiger partial charge in [-0.2, -0.15) is 4.98 Å². The molecular formula is C28H41ClN6O3Si. The third-order valence-corrected chi connectivity index (χ3v) is 10.7. The van der Waals surface area contributed by atoms with Crippen LogP contribution in [-0.4, -0.2) is 65.6 Å². The largest absolute Gasteiger partial charge is 0.376 e. The Morgan fingerprint density at radius 3 is 2.62 bits per heavy atom. The lowest BCUT2D eigenvalue weighted by Crippen LogP contribution is -2.51. The van der Waals surface area contributed by atoms with E-state index in [4.69, 9.17) is 31.8 Å². The molecule has 2 fully saturated rings. The summed E-state index contributed by atoms with van der Waals surface area (Å²) in [6.45, 7) is 14.1. The van der Waals surface area contributed by atoms with E-state index in [-0.39, 0.29) is 23.1 Å². The van der Waals surface area contributed by atoms with Gasteiger partial charge in [0.05, 0.1) is 28.8 Å². The molecule has 5 heterocycles. The second-order valence-corrected chi connectivity index (χ2v) is 18.5. The van der Waals surface area contributed by atoms with Gasteiger partial charge >= 0.3 is 0 Å². The molecular weight excluding hydrogens is 532 g/mol. The maximum atomic E-state index is 14.0. The Labute approximate surface area is 236 Å². The molecule has 11 heteroatoms. The highest BCUT2D eigenvalue weighted by atomic mass is 35.5. The Balaban J connectivity index is 1.53. The highest BCUT2D eigenvalue weighted by Gasteiger charge is 2.47. The summed E-state index contributed by atoms with van der Waals surface area (Å²) in [4.78, 5) is 25.6. The van der Waals surface area contributed by atoms with E-state index in [1.54, 1.807) is 17.8 Å². The number of hydrogen-bond donors (Lipinski definition) is 1. The van der Waals surface area contributed by atoms with Gasteiger partial charge in [0.25, 0.3) is 5.56 Å². The monoisotopic (exact) mass is 572 g/mol. The predicted molar refractivity (Wildman–Crippen MR) is 159 cm³/mol. The number of ether oxygens (including phenoxy) is 2. The van der Waals surface area contributed by atoms with Gasteiger partial charge in [-0.25, -0.2) is 0 Å². The molecule has 2 aliphatic heterocycles. The minimum atomic E-state index is -1.23. The molecule has 9 nitrogen and oxygen atoms in total. The van der Waals surface area contributed by atoms with Gasteiger partial charge in [0.15, 0.2) is 5.65 Å². The van der Waals surface area contributed by atoms with E-state index in [9.17, 15) is 4.79 Å². The number of pyridine rings is 1. The molecule has 0 unspecified atom stereocenters. The van der Waals surface area contributed by atoms with Crippen LogP contribution < -0.4 is 16.2 Å². The molecule has 0 bridgehead atoms. The average molecular weight is 573 g/mol. The minimum absolute atomic E-state index is 0.00751. The molecule has 2 saturated heterocycles. The van der Waals surface area contributed by atoms with Crippen molar-refractivity contribution < 1.29 is 9.47 Å². The molecule has 1 spiro atoms. The van der Waals surface area contributed by atoms with Crippen LogP contribution in [0.3, 0.4) is 0 Å². The zero-order valence-electron chi connectivity index (χ0n) is 24.0. The summed E-state index contributed by atoms with van der Waals surface area (Å²) in [6.07, 6.45) is 5.55. The van der Waals surface area contributed by atoms with E-state index < -0.39 is 8.07 Å². The quantitative estimate of drug-likeness (QED) is 0.331. The lowest BCUT2D eigenvalue weighted by Gasteiger charge is -2.41. The standard InChI is InChI=1S/C28H41ClN6O3Si/c1-18-23(29)20(7-10-31-18)21-15-35(17-37-13-14-39(4,5)6)25-22(21)26(36)33(3)27(32-25)34-11-8-28(9-12-34)16-38-19(2)24(28)30/h7,10,15,19,24H,8-9,11-14,16-17,30H2,1-6H3/t19-,24+/m0/s1. The van der Waals surface area contributed by atoms with Crippen LogP contribution in [0.4, 0.5) is 5.95 Å². The molecule has 5 rings (SSSR count). The molecule has 3 aromatic rings. The summed E-state index contributed by atoms with van der Waals surface area (Å²) in [5.41, 5.74) is 9.27. The number of halogens is 1. The maximum Gasteiger partial charge on any atom is 0.264 e. The van der Waals surface area contributed by atoms with Gasteiger partial charge in [0.1, 0.15) is 6.73 Å². The molecule has 212 valence electrons. The van der Waals surface area contributed by atoms with E-state index in [1.807, 2.05) is 23.8 Å². The fraction of sp³-hybridized carbons (Fsp3) is 0.607. The van der Waals surface area contributed by atoms with Crippen LogP contribution in [0.2, 0.25) is 30.7 Å². The number of anilines is 1. The summed E-state index contributed by atoms with van der Waals surface area (Å²) >= 11 is 6.68. The third-order valence-electron chi connectivity index (χ3n) is 8.54. The van der Waals surface area contributed by atoms with Crippen LogP contribution in [0.1, 0.15) is 25.5 Å². The van der Waals surface area contributed by atoms with Gasteiger partial charge in [-0.05, 0) is 38.8 Å². The molecule has 0 aliphatic carbocycles. The van der Waals surface area contributed by atoms with E-state index in [0.717, 1.165) is 43.1 Å². The zero-order chi connectivity index (χ0) is 28.1. The Morgan fingerprint density at radius 1 is 1.26 bits per heavy atom. The predicted octanol–water partition coefficient (Wildman–Crippen LogP) is 4.40. The van der Waals surface area contributed by atoms with Gasteiger partial charge < -0.3 is 24.7 Å². The Morgan fingerprint density at radius 2 is 1.97 bits per heavy atom. The van der Waals surface area contributed by atoms with Crippen LogP contribution in [-0.2, 0) is 23.3 Å². The first-order valence-corrected chi connectivity index (χ1v) is 17.9. The van der Waals surface area contributed by atoms with Gasteiger partial charge in [-0.3, -0.25) is 14.3 Å². The second kappa shape index (κ2) is 10.6. The summed E-state index contributed by atoms with van der Waals surface area (Å²) in [7, 11) is 0.564. The van der Waals surface area contributed by atoms with Gasteiger partial charge in [-0.1, -0.05) is 31.2 Å². The lowest BCUT2D eigenvalue weighted by molar-refractivity contribution is 0.0899. The molecule has 39 heavy (non-hydrogen) atoms. The maximum absolute atomic E-state index is 14.0. The second-order valence-electron chi connectivity index (χ2n) is 12.5. The minimum Gasteiger partial charge on any atom is -0.376 e. The van der Waals surface area contributed by atoms with Crippen molar-refractivity contribution in [2.45, 2.75) is 71.3 Å². The number of aryl methyl sites for hydroxylation is 1. The van der Waals surface area contributed by atoms with Crippen molar-refractivity contribution >= 4 is 36.7 Å². The fourth-order valence-electron chi connectivity index (χ4n) is 5.81. The average Bonchev–Trinajstić information content (AvgIpc) is 3.39. The topological polar surface area (TPSA) is 100 Å². The number of hydrogen-bond acceptors (Lipinski definition) is 7. The Bertz CT molecular complexity index is 1420. The summed E-state index contributed by atoms with van der Waals surface area (Å²) in [5.74, 6) is 0.660. The SMILES string of the molecule is Cc1nccc(-c2cn(COCC[Si](C)(C)C)c3nc(N4CCC5(CC4)CO[C@@H](C)[C@H]5N)n(C)c(=O)c23)c1Cl. The van der Waals surface area contributed by atoms with Crippen molar-refractivity contribution in [3.05, 3.63) is 39.5 Å². The number of fused-ring (bicyclic) bond motifs is 1. The first-order valence-electron chi connectivity index (χ1n) is 13.8. The molecule has 0 saturated carbocycles. The molecule has 3 aromatic heterocycles. The third kappa shape index (κ3) is 5.29. The highest BCUT2D eigenvalue weighted by molar-refractivity contribution is 6.76. The lowest BCUT2D eigenvalue weighted by atomic mass is 9.73. The number of piperidine rings is 1. The Hall–Kier alpha value is -2.24. The molecule has 2 N–H and O–H groups in total. The molecule has 0 amide bonds. The fourth-order valence-corrected chi connectivity index (χ4v) is 6.78. The van der Waals surface area contributed by atoms with Crippen molar-refractivity contribution in [1.82, 2.24) is 19.1 Å². The summed E-state index contributed by atoms with van der Waals surface area (Å²) in [5, 5.41) is 1.07. The highest BCUT2D eigenvalue weighted by Crippen LogP contribution is 2.42. The molecule has 0 aromatic carbocycles. The first-order chi connectivity index (χ1) is 18.4. The van der Waals surface area contributed by atoms with Crippen molar-refractivity contribution in [3.63, 3.8) is 0 Å². The van der Waals surface area contributed by atoms with Gasteiger partial charge in [0.2, 0.25) is 5.95 Å². The molecule has 0 radical (unpaired) electrons.